The Bertz CT molecular complexity index is 231. The molecule has 0 aromatic heterocycles. The van der Waals surface area contributed by atoms with Crippen LogP contribution in [0.15, 0.2) is 0 Å². The quantitative estimate of drug-likeness (QED) is 0.701. The van der Waals surface area contributed by atoms with Crippen LogP contribution in [-0.2, 0) is 8.37 Å². The molecule has 2 nitrogen and oxygen atoms in total. The summed E-state index contributed by atoms with van der Waals surface area (Å²) in [5.41, 5.74) is 0. The fourth-order valence-electron chi connectivity index (χ4n) is 0.380. The second-order valence-electron chi connectivity index (χ2n) is 1.98. The molecule has 0 saturated heterocycles. The van der Waals surface area contributed by atoms with Crippen LogP contribution in [0.1, 0.15) is 0 Å². The van der Waals surface area contributed by atoms with Gasteiger partial charge in [0.2, 0.25) is 0 Å². The molecule has 0 amide bonds. The zero-order chi connectivity index (χ0) is 12.8. The van der Waals surface area contributed by atoms with Crippen LogP contribution in [0.2, 0.25) is 0 Å². The van der Waals surface area contributed by atoms with Gasteiger partial charge in [-0.2, -0.15) is 0 Å². The number of halogens is 10. The van der Waals surface area contributed by atoms with Crippen LogP contribution in [0.5, 0.6) is 0 Å². The highest BCUT2D eigenvalue weighted by Gasteiger charge is 2.70. The molecule has 0 aliphatic rings. The second-order valence-corrected chi connectivity index (χ2v) is 4.16. The minimum atomic E-state index is -11.1. The van der Waals surface area contributed by atoms with E-state index >= 15 is 0 Å². The normalized spacial score (nSPS) is 19.6. The third-order valence-corrected chi connectivity index (χ3v) is 1.53. The highest BCUT2D eigenvalue weighted by atomic mass is 32.5. The van der Waals surface area contributed by atoms with Crippen molar-refractivity contribution in [1.82, 2.24) is 0 Å². The summed E-state index contributed by atoms with van der Waals surface area (Å²) >= 11 is 0. The van der Waals surface area contributed by atoms with Gasteiger partial charge in [-0.1, -0.05) is 0 Å². The molecule has 0 aromatic carbocycles. The first-order valence-electron chi connectivity index (χ1n) is 2.49. The van der Waals surface area contributed by atoms with Crippen LogP contribution in [-0.4, -0.2) is 12.7 Å². The molecule has 0 unspecified atom stereocenters. The first-order valence-corrected chi connectivity index (χ1v) is 4.39. The fourth-order valence-corrected chi connectivity index (χ4v) is 1.14. The van der Waals surface area contributed by atoms with Crippen molar-refractivity contribution in [2.45, 2.75) is 12.7 Å². The standard InChI is InChI=1S/C2F10O2S/c3-1(4,5)13-15(9,10,11,12)14-2(6,7)8. The van der Waals surface area contributed by atoms with E-state index < -0.39 is 23.1 Å². The highest BCUT2D eigenvalue weighted by molar-refractivity contribution is 8.42. The Morgan fingerprint density at radius 1 is 0.600 bits per heavy atom. The van der Waals surface area contributed by atoms with Crippen molar-refractivity contribution >= 4 is 10.4 Å². The zero-order valence-corrected chi connectivity index (χ0v) is 6.82. The molecule has 0 fully saturated rings. The first-order chi connectivity index (χ1) is 5.92. The summed E-state index contributed by atoms with van der Waals surface area (Å²) in [5.74, 6) is 0. The molecule has 0 aliphatic carbocycles. The van der Waals surface area contributed by atoms with Gasteiger partial charge in [0.15, 0.2) is 10.4 Å². The predicted octanol–water partition coefficient (Wildman–Crippen LogP) is 4.30. The van der Waals surface area contributed by atoms with Gasteiger partial charge in [0.1, 0.15) is 0 Å². The topological polar surface area (TPSA) is 18.5 Å². The van der Waals surface area contributed by atoms with Gasteiger partial charge in [-0.15, -0.1) is 34.7 Å². The van der Waals surface area contributed by atoms with Gasteiger partial charge in [-0.25, -0.2) is 0 Å². The van der Waals surface area contributed by atoms with Crippen molar-refractivity contribution in [1.29, 1.82) is 0 Å². The van der Waals surface area contributed by atoms with E-state index in [1.165, 1.54) is 0 Å². The van der Waals surface area contributed by atoms with Gasteiger partial charge < -0.3 is 0 Å². The van der Waals surface area contributed by atoms with Crippen LogP contribution in [0.25, 0.3) is 0 Å². The molecular weight excluding hydrogens is 278 g/mol. The van der Waals surface area contributed by atoms with Crippen molar-refractivity contribution in [2.24, 2.45) is 0 Å². The van der Waals surface area contributed by atoms with Crippen molar-refractivity contribution in [3.05, 3.63) is 0 Å². The van der Waals surface area contributed by atoms with Crippen LogP contribution in [0.4, 0.5) is 41.9 Å². The SMILES string of the molecule is FC(F)(F)OS(F)(F)(F)(F)OC(F)(F)F. The predicted molar refractivity (Wildman–Crippen MR) is 26.3 cm³/mol. The van der Waals surface area contributed by atoms with Crippen LogP contribution >= 0.6 is 10.4 Å². The van der Waals surface area contributed by atoms with Crippen LogP contribution < -0.4 is 0 Å². The fraction of sp³-hybridized carbons (Fsp3) is 1.00. The van der Waals surface area contributed by atoms with E-state index in [9.17, 15) is 41.9 Å². The lowest BCUT2D eigenvalue weighted by atomic mass is 11.4. The molecular formula is C2F10O2S. The van der Waals surface area contributed by atoms with Crippen molar-refractivity contribution < 1.29 is 50.3 Å². The first kappa shape index (κ1) is 14.6. The molecule has 0 N–H and O–H groups in total. The third kappa shape index (κ3) is 7.49. The molecule has 0 saturated carbocycles. The van der Waals surface area contributed by atoms with E-state index in [1.807, 2.05) is 0 Å². The van der Waals surface area contributed by atoms with E-state index in [4.69, 9.17) is 0 Å². The summed E-state index contributed by atoms with van der Waals surface area (Å²) in [5, 5.41) is 0. The van der Waals surface area contributed by atoms with E-state index in [0.717, 1.165) is 8.37 Å². The average Bonchev–Trinajstić information content (AvgIpc) is 1.36. The smallest absolute Gasteiger partial charge is 0.142 e. The summed E-state index contributed by atoms with van der Waals surface area (Å²) < 4.78 is 115. The highest BCUT2D eigenvalue weighted by Crippen LogP contribution is 2.99. The number of hydrogen-bond acceptors (Lipinski definition) is 2. The molecule has 0 spiro atoms. The lowest BCUT2D eigenvalue weighted by Crippen LogP contribution is -2.33. The monoisotopic (exact) mass is 278 g/mol. The minimum absolute atomic E-state index is 0.885. The number of alkyl halides is 6. The summed E-state index contributed by atoms with van der Waals surface area (Å²) in [7, 11) is -11.1. The van der Waals surface area contributed by atoms with Gasteiger partial charge in [0, 0.05) is 0 Å². The van der Waals surface area contributed by atoms with E-state index in [0.29, 0.717) is 0 Å². The largest absolute Gasteiger partial charge is 0.546 e. The van der Waals surface area contributed by atoms with E-state index in [-0.39, 0.29) is 0 Å². The Morgan fingerprint density at radius 3 is 0.933 bits per heavy atom. The summed E-state index contributed by atoms with van der Waals surface area (Å²) in [6.07, 6.45) is -13.4. The Balaban J connectivity index is 5.17. The number of hydrogen-bond donors (Lipinski definition) is 0. The average molecular weight is 278 g/mol. The Kier molecular flexibility index (Phi) is 2.55. The summed E-state index contributed by atoms with van der Waals surface area (Å²) in [6, 6.07) is 0. The molecule has 0 atom stereocenters. The maximum absolute atomic E-state index is 11.7. The van der Waals surface area contributed by atoms with Gasteiger partial charge in [-0.3, -0.25) is 0 Å². The van der Waals surface area contributed by atoms with Crippen molar-refractivity contribution in [2.75, 3.05) is 0 Å². The summed E-state index contributed by atoms with van der Waals surface area (Å²) in [6.45, 7) is 0. The Labute approximate surface area is 74.6 Å². The third-order valence-electron chi connectivity index (χ3n) is 0.509. The van der Waals surface area contributed by atoms with Crippen LogP contribution in [0.3, 0.4) is 0 Å². The Morgan fingerprint density at radius 2 is 0.800 bits per heavy atom. The van der Waals surface area contributed by atoms with Gasteiger partial charge in [-0.05, 0) is 15.5 Å². The van der Waals surface area contributed by atoms with Crippen molar-refractivity contribution in [3.63, 3.8) is 0 Å². The van der Waals surface area contributed by atoms with Gasteiger partial charge in [0.05, 0.1) is 0 Å². The zero-order valence-electron chi connectivity index (χ0n) is 6.00. The van der Waals surface area contributed by atoms with Crippen LogP contribution in [0, 0.1) is 0 Å². The molecule has 0 heterocycles. The van der Waals surface area contributed by atoms with Gasteiger partial charge in [0.25, 0.3) is 0 Å². The van der Waals surface area contributed by atoms with E-state index in [2.05, 4.69) is 0 Å². The molecule has 0 bridgehead atoms. The van der Waals surface area contributed by atoms with Crippen molar-refractivity contribution in [3.8, 4) is 0 Å². The lowest BCUT2D eigenvalue weighted by molar-refractivity contribution is -0.326. The molecule has 0 aromatic rings. The lowest BCUT2D eigenvalue weighted by Gasteiger charge is -2.52. The Hall–Kier alpha value is -0.430. The van der Waals surface area contributed by atoms with Gasteiger partial charge >= 0.3 is 12.7 Å². The molecule has 96 valence electrons. The molecule has 0 radical (unpaired) electrons. The molecule has 13 heteroatoms. The maximum atomic E-state index is 11.7. The van der Waals surface area contributed by atoms with E-state index in [1.54, 1.807) is 0 Å². The second kappa shape index (κ2) is 2.63. The summed E-state index contributed by atoms with van der Waals surface area (Å²) in [4.78, 5) is 0. The molecule has 0 aliphatic heterocycles. The molecule has 0 rings (SSSR count). The minimum Gasteiger partial charge on any atom is -0.142 e. The molecule has 15 heavy (non-hydrogen) atoms. The maximum Gasteiger partial charge on any atom is 0.546 e. The number of rotatable bonds is 2.